The highest BCUT2D eigenvalue weighted by Crippen LogP contribution is 2.26. The summed E-state index contributed by atoms with van der Waals surface area (Å²) in [5, 5.41) is 12.1. The molecule has 7 heteroatoms. The topological polar surface area (TPSA) is 32.3 Å². The third-order valence-electron chi connectivity index (χ3n) is 2.81. The monoisotopic (exact) mass is 363 g/mol. The Kier molecular flexibility index (Phi) is 4.84. The van der Waals surface area contributed by atoms with Crippen LogP contribution in [0.4, 0.5) is 23.2 Å². The number of aliphatic hydroxyl groups excluding tert-OH is 1. The number of benzene rings is 2. The van der Waals surface area contributed by atoms with Crippen LogP contribution in [0, 0.1) is 23.3 Å². The lowest BCUT2D eigenvalue weighted by Crippen LogP contribution is -2.16. The number of hydrogen-bond donors (Lipinski definition) is 2. The molecule has 0 radical (unpaired) electrons. The second-order valence-electron chi connectivity index (χ2n) is 4.28. The van der Waals surface area contributed by atoms with Crippen molar-refractivity contribution in [1.29, 1.82) is 0 Å². The fraction of sp³-hybridized carbons (Fsp3) is 0.143. The standard InChI is InChI=1S/C14H10BrF4NO/c15-7-4-10(18)14(11(19)5-7)20-6-12(21)13-8(16)2-1-3-9(13)17/h1-5,12,20-21H,6H2. The quantitative estimate of drug-likeness (QED) is 0.799. The van der Waals surface area contributed by atoms with Crippen molar-refractivity contribution in [2.75, 3.05) is 11.9 Å². The summed E-state index contributed by atoms with van der Waals surface area (Å²) in [6, 6.07) is 5.19. The highest BCUT2D eigenvalue weighted by molar-refractivity contribution is 9.10. The molecule has 112 valence electrons. The predicted molar refractivity (Wildman–Crippen MR) is 73.9 cm³/mol. The van der Waals surface area contributed by atoms with Crippen LogP contribution in [0.15, 0.2) is 34.8 Å². The van der Waals surface area contributed by atoms with Crippen molar-refractivity contribution >= 4 is 21.6 Å². The molecule has 0 heterocycles. The van der Waals surface area contributed by atoms with Crippen molar-refractivity contribution in [2.45, 2.75) is 6.10 Å². The van der Waals surface area contributed by atoms with Crippen LogP contribution in [0.1, 0.15) is 11.7 Å². The van der Waals surface area contributed by atoms with Crippen molar-refractivity contribution in [2.24, 2.45) is 0 Å². The molecule has 1 unspecified atom stereocenters. The lowest BCUT2D eigenvalue weighted by Gasteiger charge is -2.15. The molecule has 0 spiro atoms. The molecule has 1 atom stereocenters. The van der Waals surface area contributed by atoms with E-state index in [1.165, 1.54) is 0 Å². The predicted octanol–water partition coefficient (Wildman–Crippen LogP) is 4.15. The van der Waals surface area contributed by atoms with E-state index in [1.54, 1.807) is 0 Å². The van der Waals surface area contributed by atoms with Gasteiger partial charge in [-0.15, -0.1) is 0 Å². The molecule has 0 bridgehead atoms. The van der Waals surface area contributed by atoms with Crippen molar-refractivity contribution in [3.63, 3.8) is 0 Å². The lowest BCUT2D eigenvalue weighted by atomic mass is 10.1. The largest absolute Gasteiger partial charge is 0.386 e. The van der Waals surface area contributed by atoms with Crippen LogP contribution in [0.5, 0.6) is 0 Å². The molecular weight excluding hydrogens is 354 g/mol. The van der Waals surface area contributed by atoms with E-state index in [4.69, 9.17) is 0 Å². The number of rotatable bonds is 4. The molecule has 2 nitrogen and oxygen atoms in total. The first-order chi connectivity index (χ1) is 9.90. The molecule has 0 aliphatic heterocycles. The van der Waals surface area contributed by atoms with Crippen LogP contribution in [0.3, 0.4) is 0 Å². The molecule has 0 saturated carbocycles. The third-order valence-corrected chi connectivity index (χ3v) is 3.27. The second-order valence-corrected chi connectivity index (χ2v) is 5.19. The van der Waals surface area contributed by atoms with Gasteiger partial charge in [-0.05, 0) is 24.3 Å². The summed E-state index contributed by atoms with van der Waals surface area (Å²) < 4.78 is 54.2. The molecule has 2 aromatic carbocycles. The molecule has 0 aliphatic carbocycles. The van der Waals surface area contributed by atoms with E-state index < -0.39 is 47.2 Å². The Bertz CT molecular complexity index is 622. The first-order valence-electron chi connectivity index (χ1n) is 5.90. The smallest absolute Gasteiger partial charge is 0.150 e. The van der Waals surface area contributed by atoms with Gasteiger partial charge in [0.15, 0.2) is 0 Å². The summed E-state index contributed by atoms with van der Waals surface area (Å²) in [5.41, 5.74) is -1.03. The summed E-state index contributed by atoms with van der Waals surface area (Å²) in [7, 11) is 0. The van der Waals surface area contributed by atoms with Crippen molar-refractivity contribution in [1.82, 2.24) is 0 Å². The minimum absolute atomic E-state index is 0.212. The van der Waals surface area contributed by atoms with Gasteiger partial charge < -0.3 is 10.4 Å². The van der Waals surface area contributed by atoms with Gasteiger partial charge >= 0.3 is 0 Å². The first kappa shape index (κ1) is 15.8. The fourth-order valence-corrected chi connectivity index (χ4v) is 2.24. The van der Waals surface area contributed by atoms with Crippen molar-refractivity contribution < 1.29 is 22.7 Å². The summed E-state index contributed by atoms with van der Waals surface area (Å²) in [6.45, 7) is -0.451. The third kappa shape index (κ3) is 3.54. The van der Waals surface area contributed by atoms with Gasteiger partial charge in [0.05, 0.1) is 5.56 Å². The highest BCUT2D eigenvalue weighted by atomic mass is 79.9. The van der Waals surface area contributed by atoms with E-state index in [2.05, 4.69) is 21.2 Å². The van der Waals surface area contributed by atoms with Crippen LogP contribution < -0.4 is 5.32 Å². The van der Waals surface area contributed by atoms with Crippen molar-refractivity contribution in [3.8, 4) is 0 Å². The Balaban J connectivity index is 2.17. The maximum Gasteiger partial charge on any atom is 0.150 e. The average molecular weight is 364 g/mol. The maximum atomic E-state index is 13.6. The van der Waals surface area contributed by atoms with E-state index in [-0.39, 0.29) is 4.47 Å². The second kappa shape index (κ2) is 6.44. The Morgan fingerprint density at radius 3 is 2.05 bits per heavy atom. The molecule has 2 aromatic rings. The molecular formula is C14H10BrF4NO. The molecule has 21 heavy (non-hydrogen) atoms. The molecule has 0 aliphatic rings. The van der Waals surface area contributed by atoms with Gasteiger partial charge in [-0.25, -0.2) is 17.6 Å². The van der Waals surface area contributed by atoms with Gasteiger partial charge in [0.25, 0.3) is 0 Å². The normalized spacial score (nSPS) is 12.3. The summed E-state index contributed by atoms with van der Waals surface area (Å²) >= 11 is 2.93. The molecule has 0 saturated heterocycles. The van der Waals surface area contributed by atoms with Crippen LogP contribution in [-0.4, -0.2) is 11.7 Å². The van der Waals surface area contributed by atoms with E-state index >= 15 is 0 Å². The van der Waals surface area contributed by atoms with Crippen molar-refractivity contribution in [3.05, 3.63) is 63.6 Å². The number of aliphatic hydroxyl groups is 1. The number of nitrogens with one attached hydrogen (secondary N) is 1. The van der Waals surface area contributed by atoms with Gasteiger partial charge in [0.2, 0.25) is 0 Å². The summed E-state index contributed by atoms with van der Waals surface area (Å²) in [6.07, 6.45) is -1.59. The fourth-order valence-electron chi connectivity index (χ4n) is 1.84. The van der Waals surface area contributed by atoms with Gasteiger partial charge in [0, 0.05) is 11.0 Å². The molecule has 2 N–H and O–H groups in total. The number of halogens is 5. The van der Waals surface area contributed by atoms with Crippen LogP contribution in [0.25, 0.3) is 0 Å². The maximum absolute atomic E-state index is 13.6. The van der Waals surface area contributed by atoms with E-state index in [9.17, 15) is 22.7 Å². The molecule has 0 amide bonds. The zero-order valence-corrected chi connectivity index (χ0v) is 12.1. The Hall–Kier alpha value is -1.60. The van der Waals surface area contributed by atoms with Gasteiger partial charge in [-0.1, -0.05) is 22.0 Å². The molecule has 0 fully saturated rings. The Morgan fingerprint density at radius 2 is 1.52 bits per heavy atom. The number of hydrogen-bond acceptors (Lipinski definition) is 2. The van der Waals surface area contributed by atoms with E-state index in [1.807, 2.05) is 0 Å². The van der Waals surface area contributed by atoms with Gasteiger partial charge in [-0.3, -0.25) is 0 Å². The highest BCUT2D eigenvalue weighted by Gasteiger charge is 2.19. The zero-order chi connectivity index (χ0) is 15.6. The zero-order valence-electron chi connectivity index (χ0n) is 10.5. The van der Waals surface area contributed by atoms with Gasteiger partial charge in [0.1, 0.15) is 35.1 Å². The average Bonchev–Trinajstić information content (AvgIpc) is 2.37. The first-order valence-corrected chi connectivity index (χ1v) is 6.70. The van der Waals surface area contributed by atoms with Gasteiger partial charge in [-0.2, -0.15) is 0 Å². The van der Waals surface area contributed by atoms with Crippen LogP contribution >= 0.6 is 15.9 Å². The summed E-state index contributed by atoms with van der Waals surface area (Å²) in [4.78, 5) is 0. The number of anilines is 1. The lowest BCUT2D eigenvalue weighted by molar-refractivity contribution is 0.181. The Morgan fingerprint density at radius 1 is 1.00 bits per heavy atom. The Labute approximate surface area is 126 Å². The SMILES string of the molecule is OC(CNc1c(F)cc(Br)cc1F)c1c(F)cccc1F. The minimum Gasteiger partial charge on any atom is -0.386 e. The van der Waals surface area contributed by atoms with E-state index in [0.717, 1.165) is 30.3 Å². The van der Waals surface area contributed by atoms with Crippen LogP contribution in [-0.2, 0) is 0 Å². The summed E-state index contributed by atoms with van der Waals surface area (Å²) in [5.74, 6) is -3.63. The molecule has 0 aromatic heterocycles. The van der Waals surface area contributed by atoms with Crippen LogP contribution in [0.2, 0.25) is 0 Å². The minimum atomic E-state index is -1.59. The molecule has 2 rings (SSSR count). The van der Waals surface area contributed by atoms with E-state index in [0.29, 0.717) is 0 Å².